The van der Waals surface area contributed by atoms with Crippen LogP contribution in [-0.4, -0.2) is 12.3 Å². The Morgan fingerprint density at radius 1 is 1.05 bits per heavy atom. The second kappa shape index (κ2) is 6.39. The summed E-state index contributed by atoms with van der Waals surface area (Å²) in [5, 5.41) is 0. The fourth-order valence-corrected chi connectivity index (χ4v) is 2.10. The van der Waals surface area contributed by atoms with E-state index in [1.807, 2.05) is 12.1 Å². The Bertz CT molecular complexity index is 626. The number of hydrogen-bond donors (Lipinski definition) is 1. The Balaban J connectivity index is 2.24. The van der Waals surface area contributed by atoms with Gasteiger partial charge in [-0.3, -0.25) is 4.79 Å². The highest BCUT2D eigenvalue weighted by Crippen LogP contribution is 2.16. The summed E-state index contributed by atoms with van der Waals surface area (Å²) in [6.45, 7) is 0.440. The summed E-state index contributed by atoms with van der Waals surface area (Å²) in [4.78, 5) is 12.2. The van der Waals surface area contributed by atoms with Crippen LogP contribution in [0.1, 0.15) is 21.5 Å². The van der Waals surface area contributed by atoms with Crippen LogP contribution in [0.4, 0.5) is 8.78 Å². The van der Waals surface area contributed by atoms with Crippen LogP contribution in [0.25, 0.3) is 0 Å². The highest BCUT2D eigenvalue weighted by atomic mass is 19.1. The topological polar surface area (TPSA) is 43.1 Å². The number of carbonyl (C=O) groups excluding carboxylic acids is 1. The third kappa shape index (κ3) is 3.27. The van der Waals surface area contributed by atoms with Gasteiger partial charge < -0.3 is 5.73 Å². The molecule has 104 valence electrons. The van der Waals surface area contributed by atoms with Gasteiger partial charge in [-0.05, 0) is 30.2 Å². The van der Waals surface area contributed by atoms with Crippen LogP contribution in [0.2, 0.25) is 0 Å². The molecule has 0 spiro atoms. The lowest BCUT2D eigenvalue weighted by Gasteiger charge is -2.08. The molecule has 0 bridgehead atoms. The minimum atomic E-state index is -0.699. The number of nitrogens with two attached hydrogens (primary N) is 1. The summed E-state index contributed by atoms with van der Waals surface area (Å²) < 4.78 is 26.4. The molecule has 0 aliphatic rings. The monoisotopic (exact) mass is 275 g/mol. The van der Waals surface area contributed by atoms with Crippen LogP contribution in [-0.2, 0) is 12.8 Å². The number of halogens is 2. The van der Waals surface area contributed by atoms with Crippen molar-refractivity contribution in [2.45, 2.75) is 12.8 Å². The van der Waals surface area contributed by atoms with Gasteiger partial charge in [0.2, 0.25) is 0 Å². The molecule has 0 saturated heterocycles. The predicted molar refractivity (Wildman–Crippen MR) is 73.6 cm³/mol. The number of ketones is 1. The number of Topliss-reactive ketones (excluding diaryl/α,β-unsaturated/α-hetero) is 1. The summed E-state index contributed by atoms with van der Waals surface area (Å²) >= 11 is 0. The fraction of sp³-hybridized carbons (Fsp3) is 0.188. The van der Waals surface area contributed by atoms with E-state index in [-0.39, 0.29) is 17.8 Å². The minimum Gasteiger partial charge on any atom is -0.330 e. The molecule has 0 heterocycles. The lowest BCUT2D eigenvalue weighted by molar-refractivity contribution is 0.0991. The van der Waals surface area contributed by atoms with Crippen molar-refractivity contribution in [3.05, 3.63) is 70.8 Å². The summed E-state index contributed by atoms with van der Waals surface area (Å²) in [5.41, 5.74) is 7.10. The Morgan fingerprint density at radius 3 is 2.50 bits per heavy atom. The zero-order valence-corrected chi connectivity index (χ0v) is 10.9. The molecular weight excluding hydrogens is 260 g/mol. The normalized spacial score (nSPS) is 10.6. The van der Waals surface area contributed by atoms with Gasteiger partial charge in [0, 0.05) is 18.1 Å². The predicted octanol–water partition coefficient (Wildman–Crippen LogP) is 2.89. The maximum atomic E-state index is 13.6. The lowest BCUT2D eigenvalue weighted by Crippen LogP contribution is -2.11. The van der Waals surface area contributed by atoms with Crippen molar-refractivity contribution in [2.75, 3.05) is 6.54 Å². The summed E-state index contributed by atoms with van der Waals surface area (Å²) in [6.07, 6.45) is 0.501. The minimum absolute atomic E-state index is 0.0896. The van der Waals surface area contributed by atoms with Crippen LogP contribution in [0.5, 0.6) is 0 Å². The van der Waals surface area contributed by atoms with E-state index in [1.54, 1.807) is 12.1 Å². The van der Waals surface area contributed by atoms with Crippen LogP contribution >= 0.6 is 0 Å². The molecule has 0 saturated carbocycles. The Hall–Kier alpha value is -2.07. The molecule has 2 nitrogen and oxygen atoms in total. The Labute approximate surface area is 116 Å². The van der Waals surface area contributed by atoms with E-state index < -0.39 is 11.6 Å². The van der Waals surface area contributed by atoms with E-state index in [0.29, 0.717) is 18.5 Å². The first-order valence-electron chi connectivity index (χ1n) is 6.37. The molecule has 0 fully saturated rings. The van der Waals surface area contributed by atoms with Crippen molar-refractivity contribution in [3.63, 3.8) is 0 Å². The summed E-state index contributed by atoms with van der Waals surface area (Å²) in [7, 11) is 0. The largest absolute Gasteiger partial charge is 0.330 e. The molecule has 0 radical (unpaired) electrons. The van der Waals surface area contributed by atoms with Crippen LogP contribution in [0.15, 0.2) is 42.5 Å². The molecule has 0 amide bonds. The number of benzene rings is 2. The SMILES string of the molecule is NCCc1ccccc1C(=O)Cc1ccc(F)cc1F. The van der Waals surface area contributed by atoms with E-state index in [1.165, 1.54) is 6.07 Å². The van der Waals surface area contributed by atoms with Crippen molar-refractivity contribution in [1.82, 2.24) is 0 Å². The zero-order valence-electron chi connectivity index (χ0n) is 10.9. The molecule has 0 unspecified atom stereocenters. The molecule has 0 aliphatic heterocycles. The fourth-order valence-electron chi connectivity index (χ4n) is 2.10. The molecule has 2 rings (SSSR count). The molecule has 4 heteroatoms. The van der Waals surface area contributed by atoms with E-state index in [2.05, 4.69) is 0 Å². The van der Waals surface area contributed by atoms with Gasteiger partial charge in [0.1, 0.15) is 11.6 Å². The summed E-state index contributed by atoms with van der Waals surface area (Å²) in [6, 6.07) is 10.4. The molecular formula is C16H15F2NO. The quantitative estimate of drug-likeness (QED) is 0.853. The van der Waals surface area contributed by atoms with E-state index in [0.717, 1.165) is 17.7 Å². The average molecular weight is 275 g/mol. The van der Waals surface area contributed by atoms with Crippen molar-refractivity contribution in [3.8, 4) is 0 Å². The van der Waals surface area contributed by atoms with Gasteiger partial charge in [-0.1, -0.05) is 30.3 Å². The highest BCUT2D eigenvalue weighted by molar-refractivity contribution is 5.98. The maximum Gasteiger partial charge on any atom is 0.167 e. The van der Waals surface area contributed by atoms with Gasteiger partial charge in [0.05, 0.1) is 0 Å². The Morgan fingerprint density at radius 2 is 1.80 bits per heavy atom. The van der Waals surface area contributed by atoms with Crippen molar-refractivity contribution >= 4 is 5.78 Å². The number of carbonyl (C=O) groups is 1. The van der Waals surface area contributed by atoms with Gasteiger partial charge in [-0.2, -0.15) is 0 Å². The zero-order chi connectivity index (χ0) is 14.5. The van der Waals surface area contributed by atoms with Gasteiger partial charge in [-0.15, -0.1) is 0 Å². The first kappa shape index (κ1) is 14.3. The number of rotatable bonds is 5. The first-order chi connectivity index (χ1) is 9.61. The van der Waals surface area contributed by atoms with E-state index in [4.69, 9.17) is 5.73 Å². The molecule has 0 aromatic heterocycles. The van der Waals surface area contributed by atoms with E-state index >= 15 is 0 Å². The summed E-state index contributed by atoms with van der Waals surface area (Å²) in [5.74, 6) is -1.54. The van der Waals surface area contributed by atoms with Crippen LogP contribution in [0.3, 0.4) is 0 Å². The molecule has 2 aromatic rings. The third-order valence-electron chi connectivity index (χ3n) is 3.10. The van der Waals surface area contributed by atoms with Crippen molar-refractivity contribution < 1.29 is 13.6 Å². The third-order valence-corrected chi connectivity index (χ3v) is 3.10. The molecule has 0 atom stereocenters. The number of hydrogen-bond acceptors (Lipinski definition) is 2. The van der Waals surface area contributed by atoms with Gasteiger partial charge in [0.15, 0.2) is 5.78 Å². The maximum absolute atomic E-state index is 13.6. The van der Waals surface area contributed by atoms with E-state index in [9.17, 15) is 13.6 Å². The molecule has 20 heavy (non-hydrogen) atoms. The van der Waals surface area contributed by atoms with Gasteiger partial charge in [-0.25, -0.2) is 8.78 Å². The molecule has 2 aromatic carbocycles. The van der Waals surface area contributed by atoms with Crippen LogP contribution in [0, 0.1) is 11.6 Å². The second-order valence-electron chi connectivity index (χ2n) is 4.53. The first-order valence-corrected chi connectivity index (χ1v) is 6.37. The Kier molecular flexibility index (Phi) is 4.58. The average Bonchev–Trinajstić information content (AvgIpc) is 2.43. The van der Waals surface area contributed by atoms with Crippen molar-refractivity contribution in [2.24, 2.45) is 5.73 Å². The standard InChI is InChI=1S/C16H15F2NO/c17-13-6-5-12(15(18)10-13)9-16(20)14-4-2-1-3-11(14)7-8-19/h1-6,10H,7-9,19H2. The van der Waals surface area contributed by atoms with Crippen LogP contribution < -0.4 is 5.73 Å². The molecule has 0 aliphatic carbocycles. The van der Waals surface area contributed by atoms with Gasteiger partial charge in [0.25, 0.3) is 0 Å². The lowest BCUT2D eigenvalue weighted by atomic mass is 9.96. The second-order valence-corrected chi connectivity index (χ2v) is 4.53. The molecule has 2 N–H and O–H groups in total. The van der Waals surface area contributed by atoms with Gasteiger partial charge >= 0.3 is 0 Å². The highest BCUT2D eigenvalue weighted by Gasteiger charge is 2.14. The smallest absolute Gasteiger partial charge is 0.167 e. The van der Waals surface area contributed by atoms with Crippen molar-refractivity contribution in [1.29, 1.82) is 0 Å².